The Morgan fingerprint density at radius 1 is 0.812 bits per heavy atom. The molecule has 0 unspecified atom stereocenters. The van der Waals surface area contributed by atoms with Gasteiger partial charge in [0.2, 0.25) is 0 Å². The van der Waals surface area contributed by atoms with Crippen LogP contribution < -0.4 is 5.32 Å². The first kappa shape index (κ1) is 24.0. The number of benzene rings is 2. The lowest BCUT2D eigenvalue weighted by atomic mass is 10.1. The second kappa shape index (κ2) is 11.8. The van der Waals surface area contributed by atoms with E-state index in [-0.39, 0.29) is 0 Å². The minimum Gasteiger partial charge on any atom is -0.334 e. The lowest BCUT2D eigenvalue weighted by Crippen LogP contribution is -2.13. The van der Waals surface area contributed by atoms with Crippen molar-refractivity contribution in [3.63, 3.8) is 0 Å². The van der Waals surface area contributed by atoms with E-state index in [9.17, 15) is 13.2 Å². The zero-order valence-corrected chi connectivity index (χ0v) is 18.4. The first-order valence-corrected chi connectivity index (χ1v) is 11.2. The van der Waals surface area contributed by atoms with Gasteiger partial charge in [0, 0.05) is 25.1 Å². The van der Waals surface area contributed by atoms with Crippen LogP contribution in [0.15, 0.2) is 53.1 Å². The second-order valence-corrected chi connectivity index (χ2v) is 8.03. The molecular formula is C25H30F3N3O. The van der Waals surface area contributed by atoms with Gasteiger partial charge in [0.05, 0.1) is 5.56 Å². The smallest absolute Gasteiger partial charge is 0.334 e. The van der Waals surface area contributed by atoms with E-state index in [1.54, 1.807) is 0 Å². The third-order valence-corrected chi connectivity index (χ3v) is 5.36. The van der Waals surface area contributed by atoms with Crippen LogP contribution in [0.3, 0.4) is 0 Å². The molecule has 1 heterocycles. The molecule has 1 aromatic heterocycles. The predicted molar refractivity (Wildman–Crippen MR) is 119 cm³/mol. The van der Waals surface area contributed by atoms with E-state index in [0.717, 1.165) is 47.5 Å². The summed E-state index contributed by atoms with van der Waals surface area (Å²) >= 11 is 0. The van der Waals surface area contributed by atoms with Gasteiger partial charge in [-0.3, -0.25) is 0 Å². The summed E-state index contributed by atoms with van der Waals surface area (Å²) in [5.41, 5.74) is 2.11. The van der Waals surface area contributed by atoms with E-state index in [0.29, 0.717) is 19.0 Å². The Morgan fingerprint density at radius 3 is 2.03 bits per heavy atom. The molecule has 0 spiro atoms. The van der Waals surface area contributed by atoms with Crippen molar-refractivity contribution in [3.8, 4) is 11.5 Å². The lowest BCUT2D eigenvalue weighted by molar-refractivity contribution is -0.137. The SMILES string of the molecule is CCCCCCCCc1noc(-c2ccc(CNCc3ccc(C(F)(F)F)cc3)cc2)n1. The largest absolute Gasteiger partial charge is 0.416 e. The Labute approximate surface area is 187 Å². The van der Waals surface area contributed by atoms with Gasteiger partial charge in [0.25, 0.3) is 5.89 Å². The molecule has 4 nitrogen and oxygen atoms in total. The molecule has 32 heavy (non-hydrogen) atoms. The number of aryl methyl sites for hydroxylation is 1. The van der Waals surface area contributed by atoms with Crippen molar-refractivity contribution >= 4 is 0 Å². The monoisotopic (exact) mass is 445 g/mol. The van der Waals surface area contributed by atoms with Crippen molar-refractivity contribution in [1.82, 2.24) is 15.5 Å². The highest BCUT2D eigenvalue weighted by atomic mass is 19.4. The van der Waals surface area contributed by atoms with Crippen molar-refractivity contribution in [1.29, 1.82) is 0 Å². The summed E-state index contributed by atoms with van der Waals surface area (Å²) in [5, 5.41) is 7.33. The summed E-state index contributed by atoms with van der Waals surface area (Å²) in [6, 6.07) is 13.1. The standard InChI is InChI=1S/C25H30F3N3O/c1-2-3-4-5-6-7-8-23-30-24(32-31-23)21-13-9-19(10-14-21)17-29-18-20-11-15-22(16-12-20)25(26,27)28/h9-16,29H,2-8,17-18H2,1H3. The van der Waals surface area contributed by atoms with Crippen LogP contribution in [0.2, 0.25) is 0 Å². The minimum atomic E-state index is -4.30. The van der Waals surface area contributed by atoms with Crippen molar-refractivity contribution in [3.05, 3.63) is 71.0 Å². The van der Waals surface area contributed by atoms with E-state index < -0.39 is 11.7 Å². The first-order chi connectivity index (χ1) is 15.5. The quantitative estimate of drug-likeness (QED) is 0.307. The molecule has 0 amide bonds. The maximum atomic E-state index is 12.6. The fraction of sp³-hybridized carbons (Fsp3) is 0.440. The molecule has 172 valence electrons. The highest BCUT2D eigenvalue weighted by molar-refractivity contribution is 5.53. The average Bonchev–Trinajstić information content (AvgIpc) is 3.25. The number of hydrogen-bond acceptors (Lipinski definition) is 4. The van der Waals surface area contributed by atoms with Crippen molar-refractivity contribution in [2.75, 3.05) is 0 Å². The molecule has 3 rings (SSSR count). The summed E-state index contributed by atoms with van der Waals surface area (Å²) in [7, 11) is 0. The van der Waals surface area contributed by atoms with Crippen LogP contribution in [0.25, 0.3) is 11.5 Å². The average molecular weight is 446 g/mol. The van der Waals surface area contributed by atoms with Gasteiger partial charge < -0.3 is 9.84 Å². The number of aromatic nitrogens is 2. The first-order valence-electron chi connectivity index (χ1n) is 11.2. The van der Waals surface area contributed by atoms with Crippen molar-refractivity contribution in [2.45, 2.75) is 71.1 Å². The Hall–Kier alpha value is -2.67. The molecule has 0 bridgehead atoms. The Morgan fingerprint density at radius 2 is 1.41 bits per heavy atom. The molecular weight excluding hydrogens is 415 g/mol. The zero-order valence-electron chi connectivity index (χ0n) is 18.4. The predicted octanol–water partition coefficient (Wildman–Crippen LogP) is 6.95. The molecule has 0 atom stereocenters. The topological polar surface area (TPSA) is 51.0 Å². The van der Waals surface area contributed by atoms with Gasteiger partial charge in [-0.25, -0.2) is 0 Å². The maximum Gasteiger partial charge on any atom is 0.416 e. The van der Waals surface area contributed by atoms with Crippen LogP contribution in [-0.2, 0) is 25.7 Å². The summed E-state index contributed by atoms with van der Waals surface area (Å²) in [6.45, 7) is 3.31. The molecule has 0 aliphatic carbocycles. The number of alkyl halides is 3. The number of unbranched alkanes of at least 4 members (excludes halogenated alkanes) is 5. The zero-order chi connectivity index (χ0) is 22.8. The van der Waals surface area contributed by atoms with Gasteiger partial charge in [-0.1, -0.05) is 68.4 Å². The van der Waals surface area contributed by atoms with Crippen molar-refractivity contribution in [2.24, 2.45) is 0 Å². The third kappa shape index (κ3) is 7.48. The van der Waals surface area contributed by atoms with Gasteiger partial charge in [0.1, 0.15) is 0 Å². The van der Waals surface area contributed by atoms with E-state index in [1.165, 1.54) is 44.2 Å². The highest BCUT2D eigenvalue weighted by Crippen LogP contribution is 2.29. The van der Waals surface area contributed by atoms with Gasteiger partial charge >= 0.3 is 6.18 Å². The molecule has 0 saturated heterocycles. The number of rotatable bonds is 12. The van der Waals surface area contributed by atoms with Gasteiger partial charge in [0.15, 0.2) is 5.82 Å². The number of halogens is 3. The molecule has 3 aromatic rings. The van der Waals surface area contributed by atoms with Crippen LogP contribution in [0.5, 0.6) is 0 Å². The van der Waals surface area contributed by atoms with E-state index in [4.69, 9.17) is 4.52 Å². The number of nitrogens with zero attached hydrogens (tertiary/aromatic N) is 2. The summed E-state index contributed by atoms with van der Waals surface area (Å²) < 4.78 is 43.3. The third-order valence-electron chi connectivity index (χ3n) is 5.36. The summed E-state index contributed by atoms with van der Waals surface area (Å²) in [4.78, 5) is 4.50. The van der Waals surface area contributed by atoms with Gasteiger partial charge in [-0.15, -0.1) is 0 Å². The normalized spacial score (nSPS) is 11.8. The van der Waals surface area contributed by atoms with E-state index >= 15 is 0 Å². The Balaban J connectivity index is 1.42. The molecule has 0 radical (unpaired) electrons. The molecule has 1 N–H and O–H groups in total. The van der Waals surface area contributed by atoms with Crippen LogP contribution in [0.4, 0.5) is 13.2 Å². The molecule has 2 aromatic carbocycles. The van der Waals surface area contributed by atoms with E-state index in [1.807, 2.05) is 24.3 Å². The van der Waals surface area contributed by atoms with Crippen LogP contribution >= 0.6 is 0 Å². The van der Waals surface area contributed by atoms with Crippen molar-refractivity contribution < 1.29 is 17.7 Å². The minimum absolute atomic E-state index is 0.491. The number of nitrogens with one attached hydrogen (secondary N) is 1. The molecule has 0 fully saturated rings. The molecule has 0 aliphatic heterocycles. The maximum absolute atomic E-state index is 12.6. The highest BCUT2D eigenvalue weighted by Gasteiger charge is 2.29. The van der Waals surface area contributed by atoms with Gasteiger partial charge in [-0.05, 0) is 41.8 Å². The van der Waals surface area contributed by atoms with Crippen LogP contribution in [0, 0.1) is 0 Å². The lowest BCUT2D eigenvalue weighted by Gasteiger charge is -2.09. The van der Waals surface area contributed by atoms with E-state index in [2.05, 4.69) is 22.4 Å². The fourth-order valence-electron chi connectivity index (χ4n) is 3.46. The Kier molecular flexibility index (Phi) is 8.85. The Bertz CT molecular complexity index is 934. The number of hydrogen-bond donors (Lipinski definition) is 1. The fourth-order valence-corrected chi connectivity index (χ4v) is 3.46. The van der Waals surface area contributed by atoms with Crippen LogP contribution in [0.1, 0.15) is 68.0 Å². The second-order valence-electron chi connectivity index (χ2n) is 8.03. The summed E-state index contributed by atoms with van der Waals surface area (Å²) in [5.74, 6) is 1.27. The van der Waals surface area contributed by atoms with Crippen LogP contribution in [-0.4, -0.2) is 10.1 Å². The molecule has 0 saturated carbocycles. The molecule has 7 heteroatoms. The summed E-state index contributed by atoms with van der Waals surface area (Å²) in [6.07, 6.45) is 3.90. The molecule has 0 aliphatic rings. The van der Waals surface area contributed by atoms with Gasteiger partial charge in [-0.2, -0.15) is 18.2 Å².